The Balaban J connectivity index is 1.53. The lowest BCUT2D eigenvalue weighted by molar-refractivity contribution is 0.595. The highest BCUT2D eigenvalue weighted by Crippen LogP contribution is 2.52. The van der Waals surface area contributed by atoms with Crippen LogP contribution in [0.1, 0.15) is 63.8 Å². The predicted molar refractivity (Wildman–Crippen MR) is 226 cm³/mol. The molecule has 0 spiro atoms. The van der Waals surface area contributed by atoms with E-state index in [1.807, 2.05) is 48.5 Å². The molecule has 56 heavy (non-hydrogen) atoms. The Kier molecular flexibility index (Phi) is 8.75. The minimum atomic E-state index is -0.325. The molecule has 0 aliphatic rings. The van der Waals surface area contributed by atoms with Crippen molar-refractivity contribution in [1.29, 1.82) is 10.5 Å². The van der Waals surface area contributed by atoms with E-state index in [1.165, 1.54) is 24.3 Å². The average molecular weight is 735 g/mol. The Morgan fingerprint density at radius 3 is 0.982 bits per heavy atom. The summed E-state index contributed by atoms with van der Waals surface area (Å²) in [5, 5.41) is 25.8. The van der Waals surface area contributed by atoms with Crippen molar-refractivity contribution in [2.75, 3.05) is 9.80 Å². The largest absolute Gasteiger partial charge is 0.310 e. The fraction of sp³-hybridized carbons (Fsp3) is 0.160. The molecule has 0 unspecified atom stereocenters. The summed E-state index contributed by atoms with van der Waals surface area (Å²) >= 11 is 0. The first-order valence-corrected chi connectivity index (χ1v) is 18.7. The Bertz CT molecular complexity index is 2630. The summed E-state index contributed by atoms with van der Waals surface area (Å²) in [4.78, 5) is 4.30. The molecular formula is C50H40F2N4. The van der Waals surface area contributed by atoms with Gasteiger partial charge in [-0.25, -0.2) is 8.78 Å². The summed E-state index contributed by atoms with van der Waals surface area (Å²) in [7, 11) is 0. The van der Waals surface area contributed by atoms with Crippen molar-refractivity contribution in [2.24, 2.45) is 0 Å². The van der Waals surface area contributed by atoms with Crippen molar-refractivity contribution in [3.8, 4) is 12.1 Å². The molecule has 0 N–H and O–H groups in total. The molecular weight excluding hydrogens is 695 g/mol. The molecule has 0 aliphatic heterocycles. The summed E-state index contributed by atoms with van der Waals surface area (Å²) < 4.78 is 28.9. The second kappa shape index (κ2) is 13.5. The van der Waals surface area contributed by atoms with E-state index < -0.39 is 0 Å². The molecule has 0 aliphatic carbocycles. The Labute approximate surface area is 326 Å². The van der Waals surface area contributed by atoms with Crippen molar-refractivity contribution < 1.29 is 8.78 Å². The molecule has 8 aromatic carbocycles. The molecule has 0 amide bonds. The van der Waals surface area contributed by atoms with Gasteiger partial charge < -0.3 is 9.80 Å². The maximum absolute atomic E-state index is 14.4. The molecule has 0 fully saturated rings. The number of rotatable bonds is 6. The average Bonchev–Trinajstić information content (AvgIpc) is 3.18. The third-order valence-corrected chi connectivity index (χ3v) is 10.6. The Morgan fingerprint density at radius 2 is 0.696 bits per heavy atom. The molecule has 0 saturated heterocycles. The number of hydrogen-bond donors (Lipinski definition) is 0. The first kappa shape index (κ1) is 36.2. The number of anilines is 6. The van der Waals surface area contributed by atoms with Crippen molar-refractivity contribution in [1.82, 2.24) is 0 Å². The van der Waals surface area contributed by atoms with Gasteiger partial charge in [0.2, 0.25) is 0 Å². The molecule has 8 aromatic rings. The zero-order valence-electron chi connectivity index (χ0n) is 32.2. The van der Waals surface area contributed by atoms with Crippen LogP contribution in [-0.4, -0.2) is 0 Å². The highest BCUT2D eigenvalue weighted by atomic mass is 19.1. The van der Waals surface area contributed by atoms with E-state index in [-0.39, 0.29) is 22.5 Å². The van der Waals surface area contributed by atoms with E-state index in [2.05, 4.69) is 99.9 Å². The summed E-state index contributed by atoms with van der Waals surface area (Å²) in [5.41, 5.74) is 7.97. The molecule has 0 atom stereocenters. The third-order valence-electron chi connectivity index (χ3n) is 10.6. The summed E-state index contributed by atoms with van der Waals surface area (Å²) in [6.45, 7) is 13.3. The van der Waals surface area contributed by atoms with Crippen LogP contribution in [-0.2, 0) is 10.8 Å². The number of hydrogen-bond acceptors (Lipinski definition) is 4. The van der Waals surface area contributed by atoms with Crippen LogP contribution < -0.4 is 9.80 Å². The van der Waals surface area contributed by atoms with Gasteiger partial charge in [-0.2, -0.15) is 10.5 Å². The van der Waals surface area contributed by atoms with Gasteiger partial charge in [0.25, 0.3) is 0 Å². The van der Waals surface area contributed by atoms with Crippen LogP contribution in [0.2, 0.25) is 0 Å². The van der Waals surface area contributed by atoms with E-state index in [4.69, 9.17) is 0 Å². The number of nitriles is 2. The molecule has 8 rings (SSSR count). The molecule has 0 bridgehead atoms. The SMILES string of the molecule is CC(C)(C)c1cc(N(c2ccc(F)cc2)c2ccc(C#N)cc2)c2ccc3c(C(C)(C)C)cc(N(c4ccc(F)cc4)c4ccc(C#N)cc4)c4ccc1c2c43. The maximum Gasteiger partial charge on any atom is 0.123 e. The smallest absolute Gasteiger partial charge is 0.123 e. The molecule has 0 saturated carbocycles. The van der Waals surface area contributed by atoms with Gasteiger partial charge >= 0.3 is 0 Å². The predicted octanol–water partition coefficient (Wildman–Crippen LogP) is 14.1. The molecule has 0 heterocycles. The van der Waals surface area contributed by atoms with Crippen LogP contribution in [0.3, 0.4) is 0 Å². The summed E-state index contributed by atoms with van der Waals surface area (Å²) in [5.74, 6) is -0.649. The molecule has 6 heteroatoms. The zero-order chi connectivity index (χ0) is 39.5. The van der Waals surface area contributed by atoms with E-state index in [9.17, 15) is 19.3 Å². The summed E-state index contributed by atoms with van der Waals surface area (Å²) in [6, 6.07) is 45.9. The van der Waals surface area contributed by atoms with E-state index in [1.54, 1.807) is 24.3 Å². The van der Waals surface area contributed by atoms with Crippen LogP contribution in [0.4, 0.5) is 42.9 Å². The van der Waals surface area contributed by atoms with Crippen molar-refractivity contribution in [3.05, 3.63) is 167 Å². The van der Waals surface area contributed by atoms with E-state index in [0.717, 1.165) is 77.6 Å². The van der Waals surface area contributed by atoms with Gasteiger partial charge in [0.05, 0.1) is 34.6 Å². The maximum atomic E-state index is 14.4. The van der Waals surface area contributed by atoms with Crippen molar-refractivity contribution >= 4 is 66.4 Å². The Hall–Kier alpha value is -6.76. The number of halogens is 2. The molecule has 4 nitrogen and oxygen atoms in total. The van der Waals surface area contributed by atoms with Gasteiger partial charge in [-0.15, -0.1) is 0 Å². The van der Waals surface area contributed by atoms with Crippen molar-refractivity contribution in [3.63, 3.8) is 0 Å². The van der Waals surface area contributed by atoms with Crippen LogP contribution in [0, 0.1) is 34.3 Å². The fourth-order valence-electron chi connectivity index (χ4n) is 7.97. The minimum absolute atomic E-state index is 0.269. The minimum Gasteiger partial charge on any atom is -0.310 e. The lowest BCUT2D eigenvalue weighted by Gasteiger charge is -2.33. The van der Waals surface area contributed by atoms with Gasteiger partial charge in [0.1, 0.15) is 11.6 Å². The monoisotopic (exact) mass is 734 g/mol. The highest BCUT2D eigenvalue weighted by molar-refractivity contribution is 6.29. The quantitative estimate of drug-likeness (QED) is 0.160. The standard InChI is InChI=1S/C50H40F2N4/c1-49(2,3)43-27-45(55(37-19-11-33(51)12-20-37)35-15-7-31(29-53)8-16-35)41-26-24-40-44(50(4,5)6)28-46(42-25-23-39(43)47(41)48(40)42)56(38-21-13-34(52)14-22-38)36-17-9-32(30-54)10-18-36/h7-28H,1-6H3. The third kappa shape index (κ3) is 6.24. The van der Waals surface area contributed by atoms with Gasteiger partial charge in [-0.05, 0) is 153 Å². The van der Waals surface area contributed by atoms with Crippen LogP contribution in [0.15, 0.2) is 133 Å². The summed E-state index contributed by atoms with van der Waals surface area (Å²) in [6.07, 6.45) is 0. The fourth-order valence-corrected chi connectivity index (χ4v) is 7.97. The molecule has 0 radical (unpaired) electrons. The first-order valence-electron chi connectivity index (χ1n) is 18.7. The second-order valence-electron chi connectivity index (χ2n) is 16.4. The van der Waals surface area contributed by atoms with E-state index in [0.29, 0.717) is 11.1 Å². The molecule has 274 valence electrons. The zero-order valence-corrected chi connectivity index (χ0v) is 32.2. The first-order chi connectivity index (χ1) is 26.8. The Morgan fingerprint density at radius 1 is 0.411 bits per heavy atom. The van der Waals surface area contributed by atoms with Gasteiger partial charge in [0.15, 0.2) is 0 Å². The normalized spacial score (nSPS) is 11.9. The highest BCUT2D eigenvalue weighted by Gasteiger charge is 2.29. The lowest BCUT2D eigenvalue weighted by Crippen LogP contribution is -2.17. The van der Waals surface area contributed by atoms with Gasteiger partial charge in [-0.3, -0.25) is 0 Å². The van der Waals surface area contributed by atoms with Crippen LogP contribution in [0.25, 0.3) is 32.3 Å². The number of nitrogens with zero attached hydrogens (tertiary/aromatic N) is 4. The lowest BCUT2D eigenvalue weighted by atomic mass is 9.77. The van der Waals surface area contributed by atoms with Crippen LogP contribution >= 0.6 is 0 Å². The van der Waals surface area contributed by atoms with Gasteiger partial charge in [0, 0.05) is 33.5 Å². The number of benzene rings is 8. The van der Waals surface area contributed by atoms with Crippen LogP contribution in [0.5, 0.6) is 0 Å². The topological polar surface area (TPSA) is 54.1 Å². The second-order valence-corrected chi connectivity index (χ2v) is 16.4. The van der Waals surface area contributed by atoms with E-state index >= 15 is 0 Å². The van der Waals surface area contributed by atoms with Crippen molar-refractivity contribution in [2.45, 2.75) is 52.4 Å². The molecule has 0 aromatic heterocycles. The van der Waals surface area contributed by atoms with Gasteiger partial charge in [-0.1, -0.05) is 65.8 Å².